The van der Waals surface area contributed by atoms with E-state index in [-0.39, 0.29) is 6.42 Å². The van der Waals surface area contributed by atoms with Crippen molar-refractivity contribution in [2.24, 2.45) is 5.73 Å². The molecule has 0 aromatic carbocycles. The number of hydrogen-bond donors (Lipinski definition) is 4. The molecule has 0 radical (unpaired) electrons. The summed E-state index contributed by atoms with van der Waals surface area (Å²) in [4.78, 5) is 0. The molecule has 0 aliphatic rings. The van der Waals surface area contributed by atoms with Crippen LogP contribution in [0.1, 0.15) is 6.42 Å². The monoisotopic (exact) mass is 313 g/mol. The highest BCUT2D eigenvalue weighted by molar-refractivity contribution is 7.80. The minimum absolute atomic E-state index is 0.367. The van der Waals surface area contributed by atoms with Gasteiger partial charge in [0.1, 0.15) is 5.37 Å². The average molecular weight is 313 g/mol. The summed E-state index contributed by atoms with van der Waals surface area (Å²) in [5.74, 6) is 0. The van der Waals surface area contributed by atoms with Crippen LogP contribution in [0.3, 0.4) is 0 Å². The highest BCUT2D eigenvalue weighted by atomic mass is 32.3. The molecule has 4 N–H and O–H groups in total. The summed E-state index contributed by atoms with van der Waals surface area (Å²) in [6.45, 7) is -0.740. The largest absolute Gasteiger partial charge is 0.397 e. The maximum absolute atomic E-state index is 10.2. The Bertz CT molecular complexity index is 400. The zero-order chi connectivity index (χ0) is 14.1. The van der Waals surface area contributed by atoms with Crippen molar-refractivity contribution in [3.8, 4) is 0 Å². The van der Waals surface area contributed by atoms with Gasteiger partial charge >= 0.3 is 22.0 Å². The van der Waals surface area contributed by atoms with E-state index in [1.54, 1.807) is 0 Å². The molecular formula is C4H11NO9S3. The van der Waals surface area contributed by atoms with Crippen molar-refractivity contribution in [3.63, 3.8) is 0 Å². The molecule has 0 aromatic rings. The van der Waals surface area contributed by atoms with Crippen LogP contribution >= 0.6 is 0 Å². The van der Waals surface area contributed by atoms with E-state index in [1.165, 1.54) is 0 Å². The van der Waals surface area contributed by atoms with Gasteiger partial charge in [-0.25, -0.2) is 12.6 Å². The van der Waals surface area contributed by atoms with E-state index in [2.05, 4.69) is 4.18 Å². The molecule has 0 saturated carbocycles. The van der Waals surface area contributed by atoms with Crippen molar-refractivity contribution in [3.05, 3.63) is 0 Å². The molecule has 0 aliphatic carbocycles. The minimum atomic E-state index is -4.63. The van der Waals surface area contributed by atoms with Gasteiger partial charge in [-0.2, -0.15) is 16.8 Å². The first kappa shape index (κ1) is 18.9. The van der Waals surface area contributed by atoms with Crippen molar-refractivity contribution < 1.29 is 39.1 Å². The zero-order valence-electron chi connectivity index (χ0n) is 8.16. The van der Waals surface area contributed by atoms with Crippen LogP contribution < -0.4 is 5.73 Å². The molecule has 0 spiro atoms. The predicted octanol–water partition coefficient (Wildman–Crippen LogP) is -3.22. The summed E-state index contributed by atoms with van der Waals surface area (Å²) in [5, 5.41) is 7.71. The number of rotatable bonds is 6. The highest BCUT2D eigenvalue weighted by Crippen LogP contribution is 1.99. The maximum Gasteiger partial charge on any atom is 0.397 e. The summed E-state index contributed by atoms with van der Waals surface area (Å²) in [7, 11) is -7.51. The molecule has 104 valence electrons. The van der Waals surface area contributed by atoms with E-state index in [0.29, 0.717) is 0 Å². The molecule has 0 rings (SSSR count). The van der Waals surface area contributed by atoms with Crippen LogP contribution in [0.15, 0.2) is 0 Å². The fourth-order valence-corrected chi connectivity index (χ4v) is 1.34. The predicted molar refractivity (Wildman–Crippen MR) is 55.3 cm³/mol. The van der Waals surface area contributed by atoms with Crippen LogP contribution in [0.25, 0.3) is 0 Å². The Balaban J connectivity index is 0. The second kappa shape index (κ2) is 9.58. The van der Waals surface area contributed by atoms with Crippen LogP contribution in [0.2, 0.25) is 0 Å². The van der Waals surface area contributed by atoms with E-state index < -0.39 is 50.8 Å². The number of hydrogen-bond acceptors (Lipinski definition) is 9. The van der Waals surface area contributed by atoms with Gasteiger partial charge in [-0.1, -0.05) is 0 Å². The molecule has 2 unspecified atom stereocenters. The lowest BCUT2D eigenvalue weighted by molar-refractivity contribution is 0.0954. The molecule has 0 aromatic heterocycles. The number of aliphatic hydroxyl groups excluding tert-OH is 1. The molecule has 0 fully saturated rings. The van der Waals surface area contributed by atoms with Gasteiger partial charge < -0.3 is 10.8 Å². The lowest BCUT2D eigenvalue weighted by atomic mass is 10.3. The molecule has 0 saturated heterocycles. The third-order valence-corrected chi connectivity index (χ3v) is 2.38. The highest BCUT2D eigenvalue weighted by Gasteiger charge is 2.15. The Morgan fingerprint density at radius 2 is 1.76 bits per heavy atom. The van der Waals surface area contributed by atoms with Gasteiger partial charge in [0.2, 0.25) is 0 Å². The summed E-state index contributed by atoms with van der Waals surface area (Å²) in [6.07, 6.45) is -1.74. The van der Waals surface area contributed by atoms with Gasteiger partial charge in [0, 0.05) is 6.42 Å². The fraction of sp³-hybridized carbons (Fsp3) is 1.00. The van der Waals surface area contributed by atoms with E-state index >= 15 is 0 Å². The maximum atomic E-state index is 10.2. The minimum Gasteiger partial charge on any atom is -0.391 e. The molecule has 13 heteroatoms. The number of thiol groups is 1. The standard InChI is InChI=1S/C4H11NO7S2.O2S/c5-4(13(7)8)1-3(6)2-12-14(9,10)11;1-3-2/h3-4,6,13H,1-2,5H2,(H,9,10,11);. The van der Waals surface area contributed by atoms with Gasteiger partial charge in [0.15, 0.2) is 10.7 Å². The summed E-state index contributed by atoms with van der Waals surface area (Å²) < 4.78 is 69.0. The van der Waals surface area contributed by atoms with Crippen molar-refractivity contribution in [2.75, 3.05) is 6.61 Å². The zero-order valence-corrected chi connectivity index (χ0v) is 10.7. The Labute approximate surface area is 102 Å². The van der Waals surface area contributed by atoms with Crippen molar-refractivity contribution >= 4 is 32.7 Å². The first-order valence-electron chi connectivity index (χ1n) is 3.74. The van der Waals surface area contributed by atoms with Gasteiger partial charge in [0.25, 0.3) is 0 Å². The molecule has 17 heavy (non-hydrogen) atoms. The molecule has 10 nitrogen and oxygen atoms in total. The van der Waals surface area contributed by atoms with E-state index in [9.17, 15) is 16.8 Å². The van der Waals surface area contributed by atoms with Gasteiger partial charge in [-0.3, -0.25) is 4.55 Å². The van der Waals surface area contributed by atoms with Crippen molar-refractivity contribution in [1.82, 2.24) is 0 Å². The summed E-state index contributed by atoms with van der Waals surface area (Å²) >= 11 is -0.750. The Morgan fingerprint density at radius 3 is 2.06 bits per heavy atom. The lowest BCUT2D eigenvalue weighted by Crippen LogP contribution is -2.30. The second-order valence-corrected chi connectivity index (χ2v) is 4.98. The van der Waals surface area contributed by atoms with Crippen molar-refractivity contribution in [1.29, 1.82) is 0 Å². The van der Waals surface area contributed by atoms with E-state index in [0.717, 1.165) is 0 Å². The third-order valence-electron chi connectivity index (χ3n) is 1.19. The van der Waals surface area contributed by atoms with E-state index in [4.69, 9.17) is 23.8 Å². The first-order valence-corrected chi connectivity index (χ1v) is 7.02. The van der Waals surface area contributed by atoms with Crippen LogP contribution in [0.5, 0.6) is 0 Å². The molecule has 0 amide bonds. The van der Waals surface area contributed by atoms with Crippen LogP contribution in [0.4, 0.5) is 0 Å². The topological polar surface area (TPSA) is 178 Å². The fourth-order valence-electron chi connectivity index (χ4n) is 0.597. The van der Waals surface area contributed by atoms with Crippen molar-refractivity contribution in [2.45, 2.75) is 17.9 Å². The molecule has 0 heterocycles. The molecule has 0 aliphatic heterocycles. The van der Waals surface area contributed by atoms with Crippen LogP contribution in [-0.2, 0) is 36.9 Å². The average Bonchev–Trinajstić information content (AvgIpc) is 2.14. The Kier molecular flexibility index (Phi) is 10.7. The smallest absolute Gasteiger partial charge is 0.391 e. The molecule has 0 bridgehead atoms. The number of aliphatic hydroxyl groups is 1. The van der Waals surface area contributed by atoms with Crippen LogP contribution in [0, 0.1) is 0 Å². The SMILES string of the molecule is NC(CC(O)COS(=O)(=O)O)[SH](=O)=O.O=S=O. The Morgan fingerprint density at radius 1 is 1.35 bits per heavy atom. The normalized spacial score (nSPS) is 14.6. The first-order chi connectivity index (χ1) is 7.64. The van der Waals surface area contributed by atoms with Crippen LogP contribution in [-0.4, -0.2) is 53.0 Å². The number of nitrogens with two attached hydrogens (primary N) is 1. The summed E-state index contributed by atoms with van der Waals surface area (Å²) in [5.41, 5.74) is 5.03. The van der Waals surface area contributed by atoms with Gasteiger partial charge in [-0.15, -0.1) is 0 Å². The molecular weight excluding hydrogens is 302 g/mol. The van der Waals surface area contributed by atoms with Gasteiger partial charge in [0.05, 0.1) is 12.7 Å². The quantitative estimate of drug-likeness (QED) is 0.288. The third kappa shape index (κ3) is 15.6. The summed E-state index contributed by atoms with van der Waals surface area (Å²) in [6, 6.07) is 0. The van der Waals surface area contributed by atoms with E-state index in [1.807, 2.05) is 0 Å². The lowest BCUT2D eigenvalue weighted by Gasteiger charge is -2.10. The molecule has 2 atom stereocenters. The van der Waals surface area contributed by atoms with Gasteiger partial charge in [-0.05, 0) is 0 Å². The Hall–Kier alpha value is -0.440. The second-order valence-electron chi connectivity index (χ2n) is 2.52.